The smallest absolute Gasteiger partial charge is 0.267 e. The van der Waals surface area contributed by atoms with Crippen molar-refractivity contribution in [3.63, 3.8) is 0 Å². The van der Waals surface area contributed by atoms with Gasteiger partial charge in [-0.2, -0.15) is 0 Å². The average Bonchev–Trinajstić information content (AvgIpc) is 2.93. The van der Waals surface area contributed by atoms with Crippen molar-refractivity contribution < 1.29 is 17.5 Å². The van der Waals surface area contributed by atoms with Gasteiger partial charge < -0.3 is 10.5 Å². The van der Waals surface area contributed by atoms with Crippen molar-refractivity contribution in [3.8, 4) is 22.7 Å². The van der Waals surface area contributed by atoms with Crippen molar-refractivity contribution in [1.82, 2.24) is 19.3 Å². The van der Waals surface area contributed by atoms with Gasteiger partial charge in [0.05, 0.1) is 23.7 Å². The van der Waals surface area contributed by atoms with Gasteiger partial charge in [0.15, 0.2) is 0 Å². The lowest BCUT2D eigenvalue weighted by atomic mass is 10.1. The first-order valence-electron chi connectivity index (χ1n) is 11.4. The molecule has 5 aromatic rings. The van der Waals surface area contributed by atoms with Crippen LogP contribution in [-0.2, 0) is 16.6 Å². The van der Waals surface area contributed by atoms with Gasteiger partial charge in [0.1, 0.15) is 10.7 Å². The number of benzene rings is 3. The summed E-state index contributed by atoms with van der Waals surface area (Å²) in [5.41, 5.74) is 8.26. The Morgan fingerprint density at radius 1 is 1.00 bits per heavy atom. The standard InChI is InChI=1S/C27H22FN5O4S/c1-37-25-24(38(35,36)31-15-17-7-10-20(28)11-8-17)14-19(16-30-25)18-9-12-23-22(13-18)26(34)33(27(29)32-23)21-5-3-2-4-6-21/h2-14,16,31H,15H2,1H3,(H2,29,32). The maximum atomic E-state index is 13.4. The van der Waals surface area contributed by atoms with Gasteiger partial charge in [-0.1, -0.05) is 36.4 Å². The molecule has 3 N–H and O–H groups in total. The molecule has 38 heavy (non-hydrogen) atoms. The number of nitrogens with one attached hydrogen (secondary N) is 1. The number of aromatic nitrogens is 3. The molecular formula is C27H22FN5O4S. The molecule has 11 heteroatoms. The highest BCUT2D eigenvalue weighted by atomic mass is 32.2. The van der Waals surface area contributed by atoms with Crippen LogP contribution in [0.4, 0.5) is 10.3 Å². The summed E-state index contributed by atoms with van der Waals surface area (Å²) in [6, 6.07) is 20.8. The molecule has 0 aliphatic carbocycles. The van der Waals surface area contributed by atoms with Gasteiger partial charge >= 0.3 is 0 Å². The number of anilines is 1. The molecule has 192 valence electrons. The van der Waals surface area contributed by atoms with Crippen molar-refractivity contribution in [2.45, 2.75) is 11.4 Å². The molecule has 0 unspecified atom stereocenters. The number of sulfonamides is 1. The van der Waals surface area contributed by atoms with E-state index in [2.05, 4.69) is 14.7 Å². The van der Waals surface area contributed by atoms with E-state index >= 15 is 0 Å². The maximum absolute atomic E-state index is 13.4. The number of rotatable bonds is 7. The molecule has 0 spiro atoms. The summed E-state index contributed by atoms with van der Waals surface area (Å²) in [6.45, 7) is -0.0575. The molecule has 2 heterocycles. The van der Waals surface area contributed by atoms with Crippen LogP contribution < -0.4 is 20.8 Å². The van der Waals surface area contributed by atoms with E-state index < -0.39 is 15.8 Å². The number of hydrogen-bond acceptors (Lipinski definition) is 7. The number of methoxy groups -OCH3 is 1. The molecule has 5 rings (SSSR count). The third-order valence-corrected chi connectivity index (χ3v) is 7.32. The molecule has 9 nitrogen and oxygen atoms in total. The van der Waals surface area contributed by atoms with E-state index in [1.807, 2.05) is 6.07 Å². The van der Waals surface area contributed by atoms with Crippen LogP contribution >= 0.6 is 0 Å². The van der Waals surface area contributed by atoms with Crippen molar-refractivity contribution >= 4 is 26.9 Å². The van der Waals surface area contributed by atoms with E-state index in [0.29, 0.717) is 33.3 Å². The topological polar surface area (TPSA) is 129 Å². The molecule has 2 aromatic heterocycles. The highest BCUT2D eigenvalue weighted by Gasteiger charge is 2.22. The minimum absolute atomic E-state index is 0.0492. The zero-order valence-corrected chi connectivity index (χ0v) is 20.9. The number of hydrogen-bond donors (Lipinski definition) is 2. The van der Waals surface area contributed by atoms with E-state index in [-0.39, 0.29) is 28.8 Å². The Hall–Kier alpha value is -4.61. The predicted molar refractivity (Wildman–Crippen MR) is 142 cm³/mol. The van der Waals surface area contributed by atoms with E-state index in [4.69, 9.17) is 10.5 Å². The van der Waals surface area contributed by atoms with Gasteiger partial charge in [-0.25, -0.2) is 32.1 Å². The fraction of sp³-hybridized carbons (Fsp3) is 0.0741. The zero-order chi connectivity index (χ0) is 26.9. The quantitative estimate of drug-likeness (QED) is 0.328. The number of nitrogen functional groups attached to an aromatic ring is 1. The lowest BCUT2D eigenvalue weighted by Gasteiger charge is -2.13. The second-order valence-corrected chi connectivity index (χ2v) is 10.1. The van der Waals surface area contributed by atoms with Crippen LogP contribution in [0.25, 0.3) is 27.7 Å². The molecule has 0 aliphatic rings. The SMILES string of the molecule is COc1ncc(-c2ccc3nc(N)n(-c4ccccc4)c(=O)c3c2)cc1S(=O)(=O)NCc1ccc(F)cc1. The van der Waals surface area contributed by atoms with E-state index in [1.165, 1.54) is 48.2 Å². The summed E-state index contributed by atoms with van der Waals surface area (Å²) in [5, 5.41) is 0.301. The molecule has 0 saturated carbocycles. The Balaban J connectivity index is 1.55. The summed E-state index contributed by atoms with van der Waals surface area (Å²) < 4.78 is 48.5. The third-order valence-electron chi connectivity index (χ3n) is 5.92. The van der Waals surface area contributed by atoms with Gasteiger partial charge in [0, 0.05) is 18.3 Å². The third kappa shape index (κ3) is 4.84. The summed E-state index contributed by atoms with van der Waals surface area (Å²) in [4.78, 5) is 21.7. The van der Waals surface area contributed by atoms with Crippen molar-refractivity contribution in [2.24, 2.45) is 0 Å². The normalized spacial score (nSPS) is 11.5. The Morgan fingerprint density at radius 3 is 2.45 bits per heavy atom. The predicted octanol–water partition coefficient (Wildman–Crippen LogP) is 3.66. The van der Waals surface area contributed by atoms with Gasteiger partial charge in [0.25, 0.3) is 5.56 Å². The minimum atomic E-state index is -4.07. The molecule has 0 atom stereocenters. The molecular weight excluding hydrogens is 509 g/mol. The monoisotopic (exact) mass is 531 g/mol. The van der Waals surface area contributed by atoms with Crippen LogP contribution in [0.3, 0.4) is 0 Å². The van der Waals surface area contributed by atoms with Crippen LogP contribution in [0.5, 0.6) is 5.88 Å². The average molecular weight is 532 g/mol. The van der Waals surface area contributed by atoms with Crippen LogP contribution in [0.15, 0.2) is 94.7 Å². The number of ether oxygens (including phenoxy) is 1. The number of fused-ring (bicyclic) bond motifs is 1. The van der Waals surface area contributed by atoms with Crippen LogP contribution in [-0.4, -0.2) is 30.1 Å². The summed E-state index contributed by atoms with van der Waals surface area (Å²) in [7, 11) is -2.75. The first-order valence-corrected chi connectivity index (χ1v) is 12.9. The summed E-state index contributed by atoms with van der Waals surface area (Å²) in [5.74, 6) is -0.464. The zero-order valence-electron chi connectivity index (χ0n) is 20.1. The first kappa shape index (κ1) is 25.1. The van der Waals surface area contributed by atoms with E-state index in [1.54, 1.807) is 42.5 Å². The fourth-order valence-electron chi connectivity index (χ4n) is 4.00. The Bertz CT molecular complexity index is 1810. The van der Waals surface area contributed by atoms with Gasteiger partial charge in [-0.05, 0) is 53.6 Å². The van der Waals surface area contributed by atoms with Crippen LogP contribution in [0.1, 0.15) is 5.56 Å². The van der Waals surface area contributed by atoms with Crippen molar-refractivity contribution in [2.75, 3.05) is 12.8 Å². The number of pyridine rings is 1. The molecule has 0 saturated heterocycles. The number of nitrogens with two attached hydrogens (primary N) is 1. The van der Waals surface area contributed by atoms with E-state index in [9.17, 15) is 17.6 Å². The van der Waals surface area contributed by atoms with Crippen LogP contribution in [0.2, 0.25) is 0 Å². The highest BCUT2D eigenvalue weighted by molar-refractivity contribution is 7.89. The first-order chi connectivity index (χ1) is 18.3. The molecule has 0 bridgehead atoms. The second kappa shape index (κ2) is 10.0. The number of nitrogens with zero attached hydrogens (tertiary/aromatic N) is 3. The Morgan fingerprint density at radius 2 is 1.74 bits per heavy atom. The van der Waals surface area contributed by atoms with Gasteiger partial charge in [-0.3, -0.25) is 4.79 Å². The second-order valence-electron chi connectivity index (χ2n) is 8.36. The van der Waals surface area contributed by atoms with Gasteiger partial charge in [0.2, 0.25) is 21.9 Å². The number of halogens is 1. The largest absolute Gasteiger partial charge is 0.480 e. The molecule has 0 aliphatic heterocycles. The minimum Gasteiger partial charge on any atom is -0.480 e. The number of para-hydroxylation sites is 1. The van der Waals surface area contributed by atoms with Gasteiger partial charge in [-0.15, -0.1) is 0 Å². The van der Waals surface area contributed by atoms with E-state index in [0.717, 1.165) is 0 Å². The summed E-state index contributed by atoms with van der Waals surface area (Å²) >= 11 is 0. The maximum Gasteiger partial charge on any atom is 0.267 e. The molecule has 0 amide bonds. The molecule has 0 radical (unpaired) electrons. The molecule has 0 fully saturated rings. The Kier molecular flexibility index (Phi) is 6.62. The molecule has 3 aromatic carbocycles. The Labute approximate surface area is 217 Å². The van der Waals surface area contributed by atoms with Crippen molar-refractivity contribution in [1.29, 1.82) is 0 Å². The highest BCUT2D eigenvalue weighted by Crippen LogP contribution is 2.29. The fourth-order valence-corrected chi connectivity index (χ4v) is 5.16. The lowest BCUT2D eigenvalue weighted by molar-refractivity contribution is 0.385. The summed E-state index contributed by atoms with van der Waals surface area (Å²) in [6.07, 6.45) is 1.46. The van der Waals surface area contributed by atoms with Crippen LogP contribution in [0, 0.1) is 5.82 Å². The lowest BCUT2D eigenvalue weighted by Crippen LogP contribution is -2.24. The van der Waals surface area contributed by atoms with Crippen molar-refractivity contribution in [3.05, 3.63) is 107 Å².